The van der Waals surface area contributed by atoms with Crippen LogP contribution in [0.5, 0.6) is 0 Å². The molecule has 0 spiro atoms. The summed E-state index contributed by atoms with van der Waals surface area (Å²) < 4.78 is 81.8. The molecule has 0 bridgehead atoms. The van der Waals surface area contributed by atoms with Crippen molar-refractivity contribution in [2.24, 2.45) is 0 Å². The Morgan fingerprint density at radius 1 is 1.05 bits per heavy atom. The minimum absolute atomic E-state index is 0.0196. The Bertz CT molecular complexity index is 1640. The van der Waals surface area contributed by atoms with Crippen LogP contribution in [-0.4, -0.2) is 31.0 Å². The number of nitrogens with one attached hydrogen (secondary N) is 1. The summed E-state index contributed by atoms with van der Waals surface area (Å²) in [6.45, 7) is 3.85. The van der Waals surface area contributed by atoms with Crippen molar-refractivity contribution in [2.75, 3.05) is 11.1 Å². The Morgan fingerprint density at radius 2 is 1.72 bits per heavy atom. The normalized spacial score (nSPS) is 15.5. The molecule has 0 saturated heterocycles. The molecular weight excluding hydrogens is 548 g/mol. The summed E-state index contributed by atoms with van der Waals surface area (Å²) in [6.07, 6.45) is -9.09. The Hall–Kier alpha value is -3.81. The number of amides is 1. The molecule has 1 amide bonds. The van der Waals surface area contributed by atoms with Crippen molar-refractivity contribution in [3.05, 3.63) is 75.2 Å². The number of alkyl halides is 6. The molecule has 14 heteroatoms. The number of halogens is 6. The zero-order valence-electron chi connectivity index (χ0n) is 20.3. The van der Waals surface area contributed by atoms with E-state index in [1.165, 1.54) is 22.5 Å². The number of carbonyl (C=O) groups excluding carboxylic acids is 1. The van der Waals surface area contributed by atoms with Crippen molar-refractivity contribution in [1.29, 1.82) is 0 Å². The van der Waals surface area contributed by atoms with Crippen LogP contribution in [0.2, 0.25) is 0 Å². The molecule has 3 heterocycles. The summed E-state index contributed by atoms with van der Waals surface area (Å²) in [5.74, 6) is -0.589. The van der Waals surface area contributed by atoms with E-state index in [1.54, 1.807) is 4.68 Å². The molecule has 1 atom stereocenters. The fourth-order valence-corrected chi connectivity index (χ4v) is 5.58. The lowest BCUT2D eigenvalue weighted by Gasteiger charge is -2.16. The van der Waals surface area contributed by atoms with Crippen LogP contribution >= 0.6 is 11.8 Å². The first kappa shape index (κ1) is 26.8. The molecule has 0 aliphatic carbocycles. The fourth-order valence-electron chi connectivity index (χ4n) is 4.45. The van der Waals surface area contributed by atoms with Crippen LogP contribution in [0.15, 0.2) is 52.5 Å². The number of thioether (sulfide) groups is 1. The number of hydrogen-bond acceptors (Lipinski definition) is 5. The van der Waals surface area contributed by atoms with Gasteiger partial charge >= 0.3 is 12.4 Å². The molecule has 4 aromatic rings. The molecule has 1 N–H and O–H groups in total. The van der Waals surface area contributed by atoms with Gasteiger partial charge in [0.25, 0.3) is 5.56 Å². The van der Waals surface area contributed by atoms with Crippen molar-refractivity contribution < 1.29 is 31.1 Å². The monoisotopic (exact) mass is 567 g/mol. The maximum Gasteiger partial charge on any atom is 0.416 e. The van der Waals surface area contributed by atoms with Crippen molar-refractivity contribution in [3.8, 4) is 5.69 Å². The van der Waals surface area contributed by atoms with Gasteiger partial charge in [-0.05, 0) is 43.7 Å². The number of fused-ring (bicyclic) bond motifs is 2. The summed E-state index contributed by atoms with van der Waals surface area (Å²) in [5.41, 5.74) is -1.14. The summed E-state index contributed by atoms with van der Waals surface area (Å²) >= 11 is 1.21. The van der Waals surface area contributed by atoms with Crippen LogP contribution < -0.4 is 10.9 Å². The number of carbonyl (C=O) groups is 1. The lowest BCUT2D eigenvalue weighted by molar-refractivity contribution is -0.143. The number of hydrogen-bond donors (Lipinski definition) is 1. The predicted molar refractivity (Wildman–Crippen MR) is 132 cm³/mol. The highest BCUT2D eigenvalue weighted by molar-refractivity contribution is 7.99. The van der Waals surface area contributed by atoms with Gasteiger partial charge in [-0.1, -0.05) is 29.5 Å². The molecule has 1 aliphatic heterocycles. The molecular formula is C25H19F6N5O2S. The highest BCUT2D eigenvalue weighted by Crippen LogP contribution is 2.38. The largest absolute Gasteiger partial charge is 0.416 e. The molecule has 204 valence electrons. The first-order chi connectivity index (χ1) is 18.2. The Morgan fingerprint density at radius 3 is 2.33 bits per heavy atom. The highest BCUT2D eigenvalue weighted by Gasteiger charge is 2.37. The van der Waals surface area contributed by atoms with Gasteiger partial charge in [0, 0.05) is 17.9 Å². The number of aryl methyl sites for hydroxylation is 2. The number of benzene rings is 2. The maximum absolute atomic E-state index is 13.3. The van der Waals surface area contributed by atoms with Crippen LogP contribution in [0.3, 0.4) is 0 Å². The van der Waals surface area contributed by atoms with E-state index in [1.807, 2.05) is 32.0 Å². The standard InChI is InChI=1S/C25H19F6N5O2S/c1-12-3-4-19(13(2)5-12)36-21-18(10-32-36)22(38)35-17(11-39-23(35)34-21)9-20(37)33-16-7-14(24(26,27)28)6-15(8-16)25(29,30)31/h3-8,10,17H,9,11H2,1-2H3,(H,33,37). The average molecular weight is 568 g/mol. The maximum atomic E-state index is 13.3. The van der Waals surface area contributed by atoms with Crippen molar-refractivity contribution in [3.63, 3.8) is 0 Å². The van der Waals surface area contributed by atoms with Gasteiger partial charge in [0.2, 0.25) is 5.91 Å². The highest BCUT2D eigenvalue weighted by atomic mass is 32.2. The third-order valence-corrected chi connectivity index (χ3v) is 7.34. The number of aromatic nitrogens is 4. The summed E-state index contributed by atoms with van der Waals surface area (Å²) in [6, 6.07) is 5.87. The van der Waals surface area contributed by atoms with Crippen LogP contribution in [0.4, 0.5) is 32.0 Å². The predicted octanol–water partition coefficient (Wildman–Crippen LogP) is 5.91. The topological polar surface area (TPSA) is 81.8 Å². The van der Waals surface area contributed by atoms with Crippen LogP contribution in [0.25, 0.3) is 16.7 Å². The number of anilines is 1. The second-order valence-corrected chi connectivity index (χ2v) is 10.2. The van der Waals surface area contributed by atoms with Gasteiger partial charge in [-0.25, -0.2) is 9.67 Å². The van der Waals surface area contributed by atoms with Gasteiger partial charge in [0.15, 0.2) is 10.8 Å². The lowest BCUT2D eigenvalue weighted by atomic mass is 10.1. The molecule has 39 heavy (non-hydrogen) atoms. The second-order valence-electron chi connectivity index (χ2n) is 9.16. The smallest absolute Gasteiger partial charge is 0.326 e. The van der Waals surface area contributed by atoms with Gasteiger partial charge in [-0.3, -0.25) is 14.2 Å². The lowest BCUT2D eigenvalue weighted by Crippen LogP contribution is -2.28. The van der Waals surface area contributed by atoms with Gasteiger partial charge in [0.1, 0.15) is 5.39 Å². The summed E-state index contributed by atoms with van der Waals surface area (Å²) in [7, 11) is 0. The molecule has 0 fully saturated rings. The molecule has 1 aliphatic rings. The third kappa shape index (κ3) is 5.12. The minimum atomic E-state index is -5.05. The van der Waals surface area contributed by atoms with E-state index in [0.717, 1.165) is 16.8 Å². The minimum Gasteiger partial charge on any atom is -0.326 e. The van der Waals surface area contributed by atoms with E-state index in [2.05, 4.69) is 15.4 Å². The zero-order valence-corrected chi connectivity index (χ0v) is 21.1. The van der Waals surface area contributed by atoms with Gasteiger partial charge in [-0.15, -0.1) is 0 Å². The van der Waals surface area contributed by atoms with E-state index in [0.29, 0.717) is 22.9 Å². The van der Waals surface area contributed by atoms with E-state index < -0.39 is 46.7 Å². The zero-order chi connectivity index (χ0) is 28.3. The molecule has 1 unspecified atom stereocenters. The van der Waals surface area contributed by atoms with Gasteiger partial charge < -0.3 is 5.32 Å². The van der Waals surface area contributed by atoms with E-state index in [9.17, 15) is 35.9 Å². The van der Waals surface area contributed by atoms with Crippen LogP contribution in [-0.2, 0) is 17.1 Å². The summed E-state index contributed by atoms with van der Waals surface area (Å²) in [5, 5.41) is 6.98. The van der Waals surface area contributed by atoms with E-state index in [-0.39, 0.29) is 23.6 Å². The molecule has 2 aromatic heterocycles. The first-order valence-corrected chi connectivity index (χ1v) is 12.5. The molecule has 0 saturated carbocycles. The Labute approximate surface area is 220 Å². The second kappa shape index (κ2) is 9.43. The van der Waals surface area contributed by atoms with E-state index >= 15 is 0 Å². The Balaban J connectivity index is 1.43. The van der Waals surface area contributed by atoms with Crippen molar-refractivity contribution in [2.45, 2.75) is 43.8 Å². The van der Waals surface area contributed by atoms with Gasteiger partial charge in [0.05, 0.1) is 29.1 Å². The van der Waals surface area contributed by atoms with Crippen LogP contribution in [0.1, 0.15) is 34.7 Å². The van der Waals surface area contributed by atoms with Gasteiger partial charge in [-0.2, -0.15) is 31.4 Å². The molecule has 5 rings (SSSR count). The SMILES string of the molecule is Cc1ccc(-n2ncc3c(=O)n4c(nc32)SCC4CC(=O)Nc2cc(C(F)(F)F)cc(C(F)(F)F)c2)c(C)c1. The molecule has 2 aromatic carbocycles. The van der Waals surface area contributed by atoms with Crippen molar-refractivity contribution in [1.82, 2.24) is 19.3 Å². The average Bonchev–Trinajstić information content (AvgIpc) is 3.43. The van der Waals surface area contributed by atoms with E-state index in [4.69, 9.17) is 0 Å². The molecule has 0 radical (unpaired) electrons. The summed E-state index contributed by atoms with van der Waals surface area (Å²) in [4.78, 5) is 30.6. The Kier molecular flexibility index (Phi) is 6.48. The number of nitrogens with zero attached hydrogens (tertiary/aromatic N) is 4. The van der Waals surface area contributed by atoms with Crippen molar-refractivity contribution >= 4 is 34.4 Å². The molecule has 7 nitrogen and oxygen atoms in total. The number of rotatable bonds is 4. The third-order valence-electron chi connectivity index (χ3n) is 6.24. The first-order valence-electron chi connectivity index (χ1n) is 11.5. The quantitative estimate of drug-likeness (QED) is 0.245. The fraction of sp³-hybridized carbons (Fsp3) is 0.280. The van der Waals surface area contributed by atoms with Crippen LogP contribution in [0, 0.1) is 13.8 Å².